The highest BCUT2D eigenvalue weighted by Crippen LogP contribution is 2.47. The normalized spacial score (nSPS) is 10.1. The quantitative estimate of drug-likeness (QED) is 0.120. The van der Waals surface area contributed by atoms with Crippen molar-refractivity contribution >= 4 is 97.2 Å². The minimum Gasteiger partial charge on any atom is -0.316 e. The van der Waals surface area contributed by atoms with Crippen LogP contribution in [0.25, 0.3) is 0 Å². The van der Waals surface area contributed by atoms with E-state index in [1.54, 1.807) is 5.43 Å². The number of benzene rings is 1. The van der Waals surface area contributed by atoms with Gasteiger partial charge in [0.25, 0.3) is 0 Å². The van der Waals surface area contributed by atoms with Crippen molar-refractivity contribution in [2.75, 3.05) is 5.32 Å². The number of hydrogen-bond acceptors (Lipinski definition) is 3. The number of anilines is 1. The van der Waals surface area contributed by atoms with Crippen molar-refractivity contribution in [3.8, 4) is 0 Å². The van der Waals surface area contributed by atoms with Crippen molar-refractivity contribution in [2.45, 2.75) is 0 Å². The second-order valence-electron chi connectivity index (χ2n) is 2.87. The Kier molecular flexibility index (Phi) is 6.26. The molecule has 0 fully saturated rings. The monoisotopic (exact) mass is 569 g/mol. The molecule has 2 amide bonds. The number of nitrogens with one attached hydrogen (secondary N) is 2. The molecule has 10 heteroatoms. The van der Waals surface area contributed by atoms with Gasteiger partial charge in [0, 0.05) is 13.4 Å². The van der Waals surface area contributed by atoms with Crippen LogP contribution in [-0.2, 0) is 9.59 Å². The molecule has 0 aliphatic heterocycles. The lowest BCUT2D eigenvalue weighted by Gasteiger charge is -2.14. The molecule has 0 heterocycles. The largest absolute Gasteiger partial charge is 0.323 e. The lowest BCUT2D eigenvalue weighted by molar-refractivity contribution is -0.136. The summed E-state index contributed by atoms with van der Waals surface area (Å²) in [7, 11) is 0. The van der Waals surface area contributed by atoms with Crippen LogP contribution in [0.5, 0.6) is 0 Å². The zero-order valence-corrected chi connectivity index (χ0v) is 16.2. The third-order valence-corrected chi connectivity index (χ3v) is 7.88. The van der Waals surface area contributed by atoms with E-state index in [0.29, 0.717) is 23.6 Å². The lowest BCUT2D eigenvalue weighted by Crippen LogP contribution is -2.39. The number of halogens is 5. The summed E-state index contributed by atoms with van der Waals surface area (Å²) in [6, 6.07) is 0. The summed E-state index contributed by atoms with van der Waals surface area (Å²) >= 11 is 16.7. The van der Waals surface area contributed by atoms with Gasteiger partial charge >= 0.3 is 11.8 Å². The van der Waals surface area contributed by atoms with E-state index in [0.717, 1.165) is 4.47 Å². The van der Waals surface area contributed by atoms with Crippen LogP contribution >= 0.6 is 79.6 Å². The molecule has 0 spiro atoms. The molecule has 1 aromatic carbocycles. The first-order chi connectivity index (χ1) is 8.31. The highest BCUT2D eigenvalue weighted by Gasteiger charge is 2.21. The van der Waals surface area contributed by atoms with Gasteiger partial charge < -0.3 is 5.32 Å². The van der Waals surface area contributed by atoms with Crippen LogP contribution in [0.2, 0.25) is 0 Å². The van der Waals surface area contributed by atoms with Crippen LogP contribution in [0, 0.1) is 0 Å². The molecule has 0 atom stereocenters. The average molecular weight is 574 g/mol. The van der Waals surface area contributed by atoms with Crippen LogP contribution in [0.3, 0.4) is 0 Å². The van der Waals surface area contributed by atoms with Gasteiger partial charge in [-0.3, -0.25) is 15.0 Å². The Labute approximate surface area is 144 Å². The lowest BCUT2D eigenvalue weighted by atomic mass is 10.3. The van der Waals surface area contributed by atoms with Crippen molar-refractivity contribution in [3.05, 3.63) is 22.4 Å². The van der Waals surface area contributed by atoms with Crippen LogP contribution in [-0.4, -0.2) is 11.8 Å². The van der Waals surface area contributed by atoms with E-state index in [2.05, 4.69) is 85.0 Å². The first-order valence-corrected chi connectivity index (χ1v) is 8.11. The zero-order chi connectivity index (χ0) is 14.0. The van der Waals surface area contributed by atoms with Crippen molar-refractivity contribution in [1.82, 2.24) is 5.43 Å². The number of nitrogens with two attached hydrogens (primary N) is 1. The van der Waals surface area contributed by atoms with Gasteiger partial charge in [-0.15, -0.1) is 0 Å². The van der Waals surface area contributed by atoms with Crippen LogP contribution in [0.4, 0.5) is 5.69 Å². The van der Waals surface area contributed by atoms with Gasteiger partial charge in [0.05, 0.1) is 14.6 Å². The number of hydrazine groups is 1. The van der Waals surface area contributed by atoms with E-state index in [1.165, 1.54) is 0 Å². The van der Waals surface area contributed by atoms with Gasteiger partial charge in [-0.2, -0.15) is 0 Å². The molecule has 0 saturated carbocycles. The van der Waals surface area contributed by atoms with Crippen molar-refractivity contribution in [3.63, 3.8) is 0 Å². The maximum absolute atomic E-state index is 11.5. The molecule has 0 aliphatic rings. The van der Waals surface area contributed by atoms with E-state index < -0.39 is 11.8 Å². The third kappa shape index (κ3) is 3.34. The molecular weight excluding hydrogens is 570 g/mol. The molecule has 5 nitrogen and oxygen atoms in total. The predicted octanol–water partition coefficient (Wildman–Crippen LogP) is 3.43. The zero-order valence-electron chi connectivity index (χ0n) is 8.28. The molecule has 0 unspecified atom stereocenters. The fourth-order valence-electron chi connectivity index (χ4n) is 0.950. The average Bonchev–Trinajstić information content (AvgIpc) is 2.37. The Morgan fingerprint density at radius 3 is 1.56 bits per heavy atom. The van der Waals surface area contributed by atoms with Crippen molar-refractivity contribution < 1.29 is 9.59 Å². The van der Waals surface area contributed by atoms with Gasteiger partial charge in [0.2, 0.25) is 0 Å². The van der Waals surface area contributed by atoms with Gasteiger partial charge in [-0.25, -0.2) is 5.84 Å². The molecule has 0 bridgehead atoms. The summed E-state index contributed by atoms with van der Waals surface area (Å²) < 4.78 is 3.26. The van der Waals surface area contributed by atoms with Crippen LogP contribution in [0.15, 0.2) is 22.4 Å². The highest BCUT2D eigenvalue weighted by molar-refractivity contribution is 9.15. The van der Waals surface area contributed by atoms with E-state index >= 15 is 0 Å². The van der Waals surface area contributed by atoms with E-state index in [-0.39, 0.29) is 0 Å². The number of carbonyl (C=O) groups is 2. The first-order valence-electron chi connectivity index (χ1n) is 4.14. The van der Waals surface area contributed by atoms with E-state index in [1.807, 2.05) is 0 Å². The Hall–Kier alpha value is 0.520. The van der Waals surface area contributed by atoms with Crippen molar-refractivity contribution in [2.24, 2.45) is 5.84 Å². The number of rotatable bonds is 1. The van der Waals surface area contributed by atoms with Gasteiger partial charge in [-0.05, 0) is 79.6 Å². The molecule has 98 valence electrons. The summed E-state index contributed by atoms with van der Waals surface area (Å²) in [6.07, 6.45) is 0. The number of amides is 2. The summed E-state index contributed by atoms with van der Waals surface area (Å²) in [6.45, 7) is 0. The Balaban J connectivity index is 3.26. The van der Waals surface area contributed by atoms with Crippen molar-refractivity contribution in [1.29, 1.82) is 0 Å². The Morgan fingerprint density at radius 2 is 1.17 bits per heavy atom. The van der Waals surface area contributed by atoms with Crippen LogP contribution < -0.4 is 16.6 Å². The van der Waals surface area contributed by atoms with Crippen LogP contribution in [0.1, 0.15) is 0 Å². The maximum Gasteiger partial charge on any atom is 0.323 e. The fourth-order valence-corrected chi connectivity index (χ4v) is 4.20. The molecule has 1 aromatic rings. The van der Waals surface area contributed by atoms with E-state index in [4.69, 9.17) is 5.84 Å². The fraction of sp³-hybridized carbons (Fsp3) is 0. The number of carbonyl (C=O) groups excluding carboxylic acids is 2. The summed E-state index contributed by atoms with van der Waals surface area (Å²) in [4.78, 5) is 22.5. The highest BCUT2D eigenvalue weighted by atomic mass is 79.9. The molecule has 0 aliphatic carbocycles. The molecular formula is C8H4Br5N3O2. The molecule has 0 aromatic heterocycles. The summed E-state index contributed by atoms with van der Waals surface area (Å²) in [5.41, 5.74) is 2.14. The van der Waals surface area contributed by atoms with Gasteiger partial charge in [0.15, 0.2) is 0 Å². The smallest absolute Gasteiger partial charge is 0.316 e. The molecule has 4 N–H and O–H groups in total. The maximum atomic E-state index is 11.5. The molecule has 0 saturated heterocycles. The first kappa shape index (κ1) is 16.6. The minimum absolute atomic E-state index is 0.394. The SMILES string of the molecule is NNC(=O)C(=O)Nc1c(Br)c(Br)c(Br)c(Br)c1Br. The second-order valence-corrected chi connectivity index (χ2v) is 6.84. The van der Waals surface area contributed by atoms with Gasteiger partial charge in [-0.1, -0.05) is 0 Å². The second kappa shape index (κ2) is 6.80. The summed E-state index contributed by atoms with van der Waals surface area (Å²) in [5, 5.41) is 2.43. The minimum atomic E-state index is -0.941. The number of hydrogen-bond donors (Lipinski definition) is 3. The molecule has 1 rings (SSSR count). The Morgan fingerprint density at radius 1 is 0.778 bits per heavy atom. The Bertz CT molecular complexity index is 505. The molecule has 18 heavy (non-hydrogen) atoms. The van der Waals surface area contributed by atoms with Gasteiger partial charge in [0.1, 0.15) is 0 Å². The standard InChI is InChI=1S/C8H4Br5N3O2/c9-1-2(10)4(12)6(5(13)3(1)11)15-7(17)8(18)16-14/h14H2,(H,15,17)(H,16,18). The topological polar surface area (TPSA) is 84.2 Å². The third-order valence-electron chi connectivity index (χ3n) is 1.79. The molecule has 0 radical (unpaired) electrons. The van der Waals surface area contributed by atoms with E-state index in [9.17, 15) is 9.59 Å². The summed E-state index contributed by atoms with van der Waals surface area (Å²) in [5.74, 6) is 3.06. The predicted molar refractivity (Wildman–Crippen MR) is 85.9 cm³/mol.